The third-order valence-corrected chi connectivity index (χ3v) is 6.74. The Morgan fingerprint density at radius 1 is 1.03 bits per heavy atom. The van der Waals surface area contributed by atoms with Crippen molar-refractivity contribution < 1.29 is 24.2 Å². The van der Waals surface area contributed by atoms with Crippen molar-refractivity contribution in [2.45, 2.75) is 45.6 Å². The number of amides is 1. The lowest BCUT2D eigenvalue weighted by Crippen LogP contribution is -2.52. The lowest BCUT2D eigenvalue weighted by atomic mass is 9.81. The average Bonchev–Trinajstić information content (AvgIpc) is 2.76. The van der Waals surface area contributed by atoms with Gasteiger partial charge < -0.3 is 9.64 Å². The molecule has 10 nitrogen and oxygen atoms in total. The first-order chi connectivity index (χ1) is 15.5. The van der Waals surface area contributed by atoms with Crippen molar-refractivity contribution in [2.24, 2.45) is 0 Å². The van der Waals surface area contributed by atoms with Crippen LogP contribution in [-0.2, 0) is 0 Å². The van der Waals surface area contributed by atoms with Crippen LogP contribution >= 0.6 is 0 Å². The number of piperidine rings is 1. The standard InChI is InChI=1S/C23H23N3O7/c1-13-4-5-17-20(27)12-23(33-21(17)14(13)2)6-8-24(9-7-23)22(28)18-10-16(25(29)30)11-19(15(18)3)26(31)32/h4-5,10-11H,6-9,12H2,1-3H3. The number of rotatable bonds is 3. The molecule has 10 heteroatoms. The number of hydrogen-bond acceptors (Lipinski definition) is 7. The minimum absolute atomic E-state index is 0.00396. The number of benzene rings is 2. The fourth-order valence-corrected chi connectivity index (χ4v) is 4.55. The topological polar surface area (TPSA) is 133 Å². The number of fused-ring (bicyclic) bond motifs is 1. The Morgan fingerprint density at radius 2 is 1.70 bits per heavy atom. The van der Waals surface area contributed by atoms with Gasteiger partial charge in [-0.3, -0.25) is 29.8 Å². The van der Waals surface area contributed by atoms with Gasteiger partial charge in [-0.2, -0.15) is 0 Å². The predicted molar refractivity (Wildman–Crippen MR) is 118 cm³/mol. The molecule has 1 saturated heterocycles. The van der Waals surface area contributed by atoms with E-state index in [2.05, 4.69) is 0 Å². The van der Waals surface area contributed by atoms with Gasteiger partial charge in [0.1, 0.15) is 11.4 Å². The van der Waals surface area contributed by atoms with Crippen LogP contribution in [0.4, 0.5) is 11.4 Å². The van der Waals surface area contributed by atoms with Gasteiger partial charge in [0.15, 0.2) is 5.78 Å². The average molecular weight is 453 g/mol. The highest BCUT2D eigenvalue weighted by molar-refractivity contribution is 6.01. The summed E-state index contributed by atoms with van der Waals surface area (Å²) < 4.78 is 6.36. The molecule has 172 valence electrons. The second-order valence-corrected chi connectivity index (χ2v) is 8.71. The summed E-state index contributed by atoms with van der Waals surface area (Å²) in [6.07, 6.45) is 1.03. The molecule has 4 rings (SSSR count). The summed E-state index contributed by atoms with van der Waals surface area (Å²) in [6.45, 7) is 5.81. The van der Waals surface area contributed by atoms with E-state index in [-0.39, 0.29) is 36.4 Å². The third-order valence-electron chi connectivity index (χ3n) is 6.74. The van der Waals surface area contributed by atoms with E-state index in [1.165, 1.54) is 11.8 Å². The number of non-ortho nitro benzene ring substituents is 1. The zero-order valence-corrected chi connectivity index (χ0v) is 18.5. The lowest BCUT2D eigenvalue weighted by Gasteiger charge is -2.44. The van der Waals surface area contributed by atoms with Crippen molar-refractivity contribution in [1.29, 1.82) is 0 Å². The van der Waals surface area contributed by atoms with Crippen LogP contribution in [0.15, 0.2) is 24.3 Å². The van der Waals surface area contributed by atoms with E-state index in [4.69, 9.17) is 4.74 Å². The Hall–Kier alpha value is -3.82. The molecule has 0 unspecified atom stereocenters. The van der Waals surface area contributed by atoms with Gasteiger partial charge in [0, 0.05) is 37.6 Å². The molecule has 2 aliphatic heterocycles. The molecule has 0 radical (unpaired) electrons. The van der Waals surface area contributed by atoms with Crippen molar-refractivity contribution in [2.75, 3.05) is 13.1 Å². The fourth-order valence-electron chi connectivity index (χ4n) is 4.55. The number of ether oxygens (including phenoxy) is 1. The smallest absolute Gasteiger partial charge is 0.279 e. The Balaban J connectivity index is 1.58. The number of likely N-dealkylation sites (tertiary alicyclic amines) is 1. The maximum absolute atomic E-state index is 13.2. The summed E-state index contributed by atoms with van der Waals surface area (Å²) in [5, 5.41) is 22.6. The molecule has 0 aromatic heterocycles. The van der Waals surface area contributed by atoms with Gasteiger partial charge in [-0.15, -0.1) is 0 Å². The largest absolute Gasteiger partial charge is 0.486 e. The van der Waals surface area contributed by atoms with Gasteiger partial charge in [-0.1, -0.05) is 6.07 Å². The molecule has 2 aromatic rings. The highest BCUT2D eigenvalue weighted by Gasteiger charge is 2.44. The van der Waals surface area contributed by atoms with E-state index in [0.29, 0.717) is 24.2 Å². The number of nitro groups is 2. The number of hydrogen-bond donors (Lipinski definition) is 0. The van der Waals surface area contributed by atoms with Crippen molar-refractivity contribution in [3.05, 3.63) is 72.3 Å². The summed E-state index contributed by atoms with van der Waals surface area (Å²) in [6, 6.07) is 5.62. The Morgan fingerprint density at radius 3 is 2.30 bits per heavy atom. The Labute approximate surface area is 189 Å². The maximum Gasteiger partial charge on any atom is 0.279 e. The van der Waals surface area contributed by atoms with Gasteiger partial charge in [0.25, 0.3) is 17.3 Å². The van der Waals surface area contributed by atoms with Gasteiger partial charge >= 0.3 is 0 Å². The van der Waals surface area contributed by atoms with Crippen molar-refractivity contribution >= 4 is 23.1 Å². The number of Topliss-reactive ketones (excluding diaryl/α,β-unsaturated/α-hetero) is 1. The minimum Gasteiger partial charge on any atom is -0.486 e. The SMILES string of the molecule is Cc1ccc2c(c1C)OC1(CCN(C(=O)c3cc([N+](=O)[O-])cc([N+](=O)[O-])c3C)CC1)CC2=O. The van der Waals surface area contributed by atoms with E-state index in [0.717, 1.165) is 23.3 Å². The molecule has 1 fully saturated rings. The third kappa shape index (κ3) is 3.81. The molecule has 33 heavy (non-hydrogen) atoms. The maximum atomic E-state index is 13.2. The highest BCUT2D eigenvalue weighted by Crippen LogP contribution is 2.42. The fraction of sp³-hybridized carbons (Fsp3) is 0.391. The zero-order chi connectivity index (χ0) is 24.1. The molecule has 1 amide bonds. The van der Waals surface area contributed by atoms with Crippen LogP contribution in [-0.4, -0.2) is 45.1 Å². The van der Waals surface area contributed by atoms with Gasteiger partial charge in [-0.25, -0.2) is 0 Å². The normalized spacial score (nSPS) is 16.8. The van der Waals surface area contributed by atoms with Gasteiger partial charge in [-0.05, 0) is 38.0 Å². The monoisotopic (exact) mass is 453 g/mol. The number of carbonyl (C=O) groups is 2. The van der Waals surface area contributed by atoms with Crippen LogP contribution in [0.5, 0.6) is 5.75 Å². The lowest BCUT2D eigenvalue weighted by molar-refractivity contribution is -0.394. The molecule has 0 atom stereocenters. The summed E-state index contributed by atoms with van der Waals surface area (Å²) in [5.74, 6) is 0.0872. The number of ketones is 1. The van der Waals surface area contributed by atoms with E-state index in [1.54, 1.807) is 6.07 Å². The van der Waals surface area contributed by atoms with Crippen molar-refractivity contribution in [3.8, 4) is 5.75 Å². The summed E-state index contributed by atoms with van der Waals surface area (Å²) in [4.78, 5) is 48.6. The molecular formula is C23H23N3O7. The van der Waals surface area contributed by atoms with Crippen LogP contribution in [0.2, 0.25) is 0 Å². The first-order valence-electron chi connectivity index (χ1n) is 10.6. The number of nitrogens with zero attached hydrogens (tertiary/aromatic N) is 3. The van der Waals surface area contributed by atoms with Crippen LogP contribution in [0.25, 0.3) is 0 Å². The number of carbonyl (C=O) groups excluding carboxylic acids is 2. The Kier molecular flexibility index (Phi) is 5.39. The van der Waals surface area contributed by atoms with Crippen LogP contribution in [0.3, 0.4) is 0 Å². The summed E-state index contributed by atoms with van der Waals surface area (Å²) >= 11 is 0. The Bertz CT molecular complexity index is 1210. The predicted octanol–water partition coefficient (Wildman–Crippen LogP) is 4.07. The zero-order valence-electron chi connectivity index (χ0n) is 18.5. The highest BCUT2D eigenvalue weighted by atomic mass is 16.6. The van der Waals surface area contributed by atoms with Gasteiger partial charge in [0.05, 0.1) is 33.5 Å². The number of nitro benzene ring substituents is 2. The molecule has 0 N–H and O–H groups in total. The second-order valence-electron chi connectivity index (χ2n) is 8.71. The molecule has 0 bridgehead atoms. The number of aryl methyl sites for hydroxylation is 1. The van der Waals surface area contributed by atoms with Crippen LogP contribution in [0.1, 0.15) is 56.7 Å². The quantitative estimate of drug-likeness (QED) is 0.505. The van der Waals surface area contributed by atoms with Crippen molar-refractivity contribution in [3.63, 3.8) is 0 Å². The first-order valence-corrected chi connectivity index (χ1v) is 10.6. The van der Waals surface area contributed by atoms with E-state index >= 15 is 0 Å². The van der Waals surface area contributed by atoms with E-state index in [9.17, 15) is 29.8 Å². The molecule has 2 aromatic carbocycles. The van der Waals surface area contributed by atoms with Crippen molar-refractivity contribution in [1.82, 2.24) is 4.90 Å². The summed E-state index contributed by atoms with van der Waals surface area (Å²) in [7, 11) is 0. The van der Waals surface area contributed by atoms with Crippen LogP contribution in [0, 0.1) is 41.0 Å². The summed E-state index contributed by atoms with van der Waals surface area (Å²) in [5.41, 5.74) is 0.832. The van der Waals surface area contributed by atoms with Gasteiger partial charge in [0.2, 0.25) is 0 Å². The molecule has 0 saturated carbocycles. The van der Waals surface area contributed by atoms with Crippen LogP contribution < -0.4 is 4.74 Å². The molecule has 2 aliphatic rings. The molecule has 1 spiro atoms. The van der Waals surface area contributed by atoms with E-state index in [1.807, 2.05) is 19.9 Å². The molecule has 0 aliphatic carbocycles. The minimum atomic E-state index is -0.752. The molecular weight excluding hydrogens is 430 g/mol. The van der Waals surface area contributed by atoms with E-state index < -0.39 is 32.7 Å². The first kappa shape index (κ1) is 22.4. The molecule has 2 heterocycles. The second kappa shape index (κ2) is 7.95.